The van der Waals surface area contributed by atoms with Crippen molar-refractivity contribution in [1.29, 1.82) is 0 Å². The SMILES string of the molecule is c1ccc(CNC(c2ccccc2)c2ccccc2)cc1. The van der Waals surface area contributed by atoms with E-state index < -0.39 is 0 Å². The van der Waals surface area contributed by atoms with Crippen LogP contribution in [0.5, 0.6) is 0 Å². The van der Waals surface area contributed by atoms with E-state index in [0.717, 1.165) is 6.54 Å². The van der Waals surface area contributed by atoms with Gasteiger partial charge < -0.3 is 5.32 Å². The van der Waals surface area contributed by atoms with E-state index in [2.05, 4.69) is 96.3 Å². The summed E-state index contributed by atoms with van der Waals surface area (Å²) < 4.78 is 0. The lowest BCUT2D eigenvalue weighted by Crippen LogP contribution is -2.21. The monoisotopic (exact) mass is 273 g/mol. The van der Waals surface area contributed by atoms with Crippen molar-refractivity contribution < 1.29 is 0 Å². The fourth-order valence-electron chi connectivity index (χ4n) is 2.53. The molecular weight excluding hydrogens is 254 g/mol. The molecule has 0 aliphatic rings. The zero-order valence-electron chi connectivity index (χ0n) is 11.9. The van der Waals surface area contributed by atoms with Crippen LogP contribution in [-0.2, 0) is 6.54 Å². The van der Waals surface area contributed by atoms with Gasteiger partial charge in [0.1, 0.15) is 0 Å². The molecule has 3 aromatic carbocycles. The standard InChI is InChI=1S/C20H19N/c1-4-10-17(11-5-1)16-21-20(18-12-6-2-7-13-18)19-14-8-3-9-15-19/h1-15,20-21H,16H2. The van der Waals surface area contributed by atoms with E-state index in [1.165, 1.54) is 16.7 Å². The van der Waals surface area contributed by atoms with Crippen LogP contribution in [0.2, 0.25) is 0 Å². The Labute approximate surface area is 126 Å². The van der Waals surface area contributed by atoms with Crippen molar-refractivity contribution in [3.63, 3.8) is 0 Å². The molecule has 0 atom stereocenters. The largest absolute Gasteiger partial charge is 0.302 e. The first-order chi connectivity index (χ1) is 10.4. The molecule has 0 bridgehead atoms. The zero-order chi connectivity index (χ0) is 14.3. The molecule has 0 saturated carbocycles. The highest BCUT2D eigenvalue weighted by atomic mass is 14.9. The molecule has 0 aliphatic heterocycles. The van der Waals surface area contributed by atoms with Crippen LogP contribution in [0.1, 0.15) is 22.7 Å². The van der Waals surface area contributed by atoms with Gasteiger partial charge in [0.15, 0.2) is 0 Å². The molecule has 0 fully saturated rings. The quantitative estimate of drug-likeness (QED) is 0.718. The third-order valence-electron chi connectivity index (χ3n) is 3.62. The summed E-state index contributed by atoms with van der Waals surface area (Å²) in [5.41, 5.74) is 3.88. The molecule has 0 radical (unpaired) electrons. The summed E-state index contributed by atoms with van der Waals surface area (Å²) in [6.45, 7) is 0.856. The van der Waals surface area contributed by atoms with Gasteiger partial charge in [0.2, 0.25) is 0 Å². The van der Waals surface area contributed by atoms with Crippen LogP contribution in [0, 0.1) is 0 Å². The third kappa shape index (κ3) is 3.59. The Morgan fingerprint density at radius 1 is 0.571 bits per heavy atom. The molecule has 0 saturated heterocycles. The van der Waals surface area contributed by atoms with Crippen molar-refractivity contribution in [2.24, 2.45) is 0 Å². The molecular formula is C20H19N. The van der Waals surface area contributed by atoms with E-state index >= 15 is 0 Å². The summed E-state index contributed by atoms with van der Waals surface area (Å²) in [4.78, 5) is 0. The molecule has 0 spiro atoms. The molecule has 3 aromatic rings. The highest BCUT2D eigenvalue weighted by Crippen LogP contribution is 2.22. The van der Waals surface area contributed by atoms with E-state index in [1.54, 1.807) is 0 Å². The van der Waals surface area contributed by atoms with Crippen LogP contribution in [-0.4, -0.2) is 0 Å². The predicted octanol–water partition coefficient (Wildman–Crippen LogP) is 4.57. The van der Waals surface area contributed by atoms with Gasteiger partial charge in [0, 0.05) is 6.54 Å². The summed E-state index contributed by atoms with van der Waals surface area (Å²) in [6, 6.07) is 31.9. The van der Waals surface area contributed by atoms with Crippen LogP contribution in [0.25, 0.3) is 0 Å². The molecule has 1 nitrogen and oxygen atoms in total. The van der Waals surface area contributed by atoms with E-state index in [1.807, 2.05) is 0 Å². The number of rotatable bonds is 5. The molecule has 1 heteroatoms. The highest BCUT2D eigenvalue weighted by molar-refractivity contribution is 5.31. The highest BCUT2D eigenvalue weighted by Gasteiger charge is 2.12. The minimum atomic E-state index is 0.215. The fourth-order valence-corrected chi connectivity index (χ4v) is 2.53. The second kappa shape index (κ2) is 6.87. The smallest absolute Gasteiger partial charge is 0.0579 e. The maximum absolute atomic E-state index is 3.67. The number of benzene rings is 3. The van der Waals surface area contributed by atoms with Gasteiger partial charge in [-0.15, -0.1) is 0 Å². The Hall–Kier alpha value is -2.38. The van der Waals surface area contributed by atoms with E-state index in [-0.39, 0.29) is 6.04 Å². The average molecular weight is 273 g/mol. The minimum absolute atomic E-state index is 0.215. The average Bonchev–Trinajstić information content (AvgIpc) is 2.58. The van der Waals surface area contributed by atoms with Crippen molar-refractivity contribution in [2.45, 2.75) is 12.6 Å². The number of hydrogen-bond acceptors (Lipinski definition) is 1. The molecule has 104 valence electrons. The molecule has 0 amide bonds. The Balaban J connectivity index is 1.83. The van der Waals surface area contributed by atoms with Gasteiger partial charge in [-0.05, 0) is 16.7 Å². The van der Waals surface area contributed by atoms with Crippen LogP contribution >= 0.6 is 0 Å². The zero-order valence-corrected chi connectivity index (χ0v) is 11.9. The van der Waals surface area contributed by atoms with E-state index in [4.69, 9.17) is 0 Å². The molecule has 0 aliphatic carbocycles. The first kappa shape index (κ1) is 13.6. The topological polar surface area (TPSA) is 12.0 Å². The molecule has 3 rings (SSSR count). The molecule has 1 N–H and O–H groups in total. The second-order valence-electron chi connectivity index (χ2n) is 5.12. The van der Waals surface area contributed by atoms with Crippen LogP contribution in [0.15, 0.2) is 91.0 Å². The summed E-state index contributed by atoms with van der Waals surface area (Å²) >= 11 is 0. The van der Waals surface area contributed by atoms with Gasteiger partial charge in [0.05, 0.1) is 6.04 Å². The van der Waals surface area contributed by atoms with E-state index in [0.29, 0.717) is 0 Å². The predicted molar refractivity (Wildman–Crippen MR) is 88.0 cm³/mol. The Morgan fingerprint density at radius 2 is 1.00 bits per heavy atom. The van der Waals surface area contributed by atoms with Crippen molar-refractivity contribution in [1.82, 2.24) is 5.32 Å². The molecule has 21 heavy (non-hydrogen) atoms. The maximum atomic E-state index is 3.67. The van der Waals surface area contributed by atoms with Crippen LogP contribution < -0.4 is 5.32 Å². The van der Waals surface area contributed by atoms with Crippen molar-refractivity contribution in [3.05, 3.63) is 108 Å². The molecule has 0 unspecified atom stereocenters. The van der Waals surface area contributed by atoms with Gasteiger partial charge in [-0.1, -0.05) is 91.0 Å². The summed E-state index contributed by atoms with van der Waals surface area (Å²) in [6.07, 6.45) is 0. The first-order valence-corrected chi connectivity index (χ1v) is 7.31. The fraction of sp³-hybridized carbons (Fsp3) is 0.100. The van der Waals surface area contributed by atoms with Gasteiger partial charge in [0.25, 0.3) is 0 Å². The summed E-state index contributed by atoms with van der Waals surface area (Å²) in [7, 11) is 0. The van der Waals surface area contributed by atoms with Gasteiger partial charge >= 0.3 is 0 Å². The van der Waals surface area contributed by atoms with Gasteiger partial charge in [-0.3, -0.25) is 0 Å². The van der Waals surface area contributed by atoms with Crippen molar-refractivity contribution in [3.8, 4) is 0 Å². The lowest BCUT2D eigenvalue weighted by molar-refractivity contribution is 0.605. The second-order valence-corrected chi connectivity index (χ2v) is 5.12. The minimum Gasteiger partial charge on any atom is -0.302 e. The Bertz CT molecular complexity index is 608. The summed E-state index contributed by atoms with van der Waals surface area (Å²) in [5, 5.41) is 3.67. The normalized spacial score (nSPS) is 10.7. The Kier molecular flexibility index (Phi) is 4.45. The Morgan fingerprint density at radius 3 is 1.48 bits per heavy atom. The number of hydrogen-bond donors (Lipinski definition) is 1. The van der Waals surface area contributed by atoms with Gasteiger partial charge in [-0.25, -0.2) is 0 Å². The summed E-state index contributed by atoms with van der Waals surface area (Å²) in [5.74, 6) is 0. The lowest BCUT2D eigenvalue weighted by Gasteiger charge is -2.20. The maximum Gasteiger partial charge on any atom is 0.0579 e. The third-order valence-corrected chi connectivity index (χ3v) is 3.62. The molecule has 0 heterocycles. The lowest BCUT2D eigenvalue weighted by atomic mass is 9.98. The first-order valence-electron chi connectivity index (χ1n) is 7.31. The molecule has 0 aromatic heterocycles. The van der Waals surface area contributed by atoms with Crippen LogP contribution in [0.3, 0.4) is 0 Å². The van der Waals surface area contributed by atoms with Crippen molar-refractivity contribution in [2.75, 3.05) is 0 Å². The van der Waals surface area contributed by atoms with E-state index in [9.17, 15) is 0 Å². The van der Waals surface area contributed by atoms with Crippen molar-refractivity contribution >= 4 is 0 Å². The van der Waals surface area contributed by atoms with Gasteiger partial charge in [-0.2, -0.15) is 0 Å². The van der Waals surface area contributed by atoms with Crippen LogP contribution in [0.4, 0.5) is 0 Å². The number of nitrogens with one attached hydrogen (secondary N) is 1.